The quantitative estimate of drug-likeness (QED) is 0.332. The van der Waals surface area contributed by atoms with Gasteiger partial charge >= 0.3 is 5.97 Å². The molecule has 3 aromatic carbocycles. The molecular weight excluding hydrogens is 503 g/mol. The van der Waals surface area contributed by atoms with E-state index in [1.165, 1.54) is 28.0 Å². The smallest absolute Gasteiger partial charge is 0.338 e. The molecule has 192 valence electrons. The first-order valence-electron chi connectivity index (χ1n) is 12.3. The molecule has 6 nitrogen and oxygen atoms in total. The van der Waals surface area contributed by atoms with Crippen LogP contribution < -0.4 is 19.6 Å². The summed E-state index contributed by atoms with van der Waals surface area (Å²) in [5, 5.41) is 0. The van der Waals surface area contributed by atoms with E-state index in [1.807, 2.05) is 61.5 Å². The Labute approximate surface area is 222 Å². The Kier molecular flexibility index (Phi) is 7.33. The monoisotopic (exact) mass is 528 g/mol. The van der Waals surface area contributed by atoms with Gasteiger partial charge in [0, 0.05) is 5.56 Å². The Morgan fingerprint density at radius 2 is 1.79 bits per heavy atom. The van der Waals surface area contributed by atoms with Crippen LogP contribution in [0.2, 0.25) is 0 Å². The molecule has 1 aromatic heterocycles. The van der Waals surface area contributed by atoms with Crippen molar-refractivity contribution < 1.29 is 18.7 Å². The standard InChI is InChI=1S/C30H25FN2O4S/c1-3-36-23-12-8-9-19(17-23)18-24-28(34)33-27(21-13-15-22(31)16-14-21)25(29(35)37-4-2)26(32-30(33)38-24)20-10-6-5-7-11-20/h5-18,27H,3-4H2,1-2H3/b24-18-. The number of halogens is 1. The molecule has 0 amide bonds. The summed E-state index contributed by atoms with van der Waals surface area (Å²) in [6.07, 6.45) is 1.78. The molecule has 1 unspecified atom stereocenters. The number of ether oxygens (including phenoxy) is 2. The van der Waals surface area contributed by atoms with Gasteiger partial charge in [0.1, 0.15) is 11.6 Å². The summed E-state index contributed by atoms with van der Waals surface area (Å²) >= 11 is 1.23. The molecule has 5 rings (SSSR count). The number of carbonyl (C=O) groups excluding carboxylic acids is 1. The fraction of sp³-hybridized carbons (Fsp3) is 0.167. The first-order valence-corrected chi connectivity index (χ1v) is 13.1. The zero-order chi connectivity index (χ0) is 26.6. The molecule has 1 aliphatic rings. The molecule has 38 heavy (non-hydrogen) atoms. The summed E-state index contributed by atoms with van der Waals surface area (Å²) in [6.45, 7) is 4.31. The van der Waals surface area contributed by atoms with E-state index in [2.05, 4.69) is 0 Å². The molecule has 2 heterocycles. The van der Waals surface area contributed by atoms with Crippen molar-refractivity contribution >= 4 is 29.1 Å². The highest BCUT2D eigenvalue weighted by Gasteiger charge is 2.35. The van der Waals surface area contributed by atoms with Gasteiger partial charge in [-0.1, -0.05) is 65.9 Å². The van der Waals surface area contributed by atoms with E-state index in [-0.39, 0.29) is 17.7 Å². The lowest BCUT2D eigenvalue weighted by molar-refractivity contribution is -0.138. The number of benzene rings is 3. The number of fused-ring (bicyclic) bond motifs is 1. The Balaban J connectivity index is 1.79. The van der Waals surface area contributed by atoms with Crippen molar-refractivity contribution in [2.24, 2.45) is 4.99 Å². The molecule has 1 aliphatic heterocycles. The van der Waals surface area contributed by atoms with Crippen molar-refractivity contribution in [3.63, 3.8) is 0 Å². The second-order valence-electron chi connectivity index (χ2n) is 8.49. The van der Waals surface area contributed by atoms with E-state index in [1.54, 1.807) is 25.1 Å². The van der Waals surface area contributed by atoms with Crippen molar-refractivity contribution in [1.82, 2.24) is 4.57 Å². The van der Waals surface area contributed by atoms with Gasteiger partial charge in [0.05, 0.1) is 35.1 Å². The van der Waals surface area contributed by atoms with Crippen LogP contribution in [-0.2, 0) is 9.53 Å². The zero-order valence-electron chi connectivity index (χ0n) is 20.9. The zero-order valence-corrected chi connectivity index (χ0v) is 21.7. The third-order valence-corrected chi connectivity index (χ3v) is 7.01. The van der Waals surface area contributed by atoms with Gasteiger partial charge < -0.3 is 9.47 Å². The number of nitrogens with zero attached hydrogens (tertiary/aromatic N) is 2. The molecule has 1 atom stereocenters. The highest BCUT2D eigenvalue weighted by atomic mass is 32.1. The Hall–Kier alpha value is -4.30. The van der Waals surface area contributed by atoms with Gasteiger partial charge in [-0.2, -0.15) is 0 Å². The van der Waals surface area contributed by atoms with E-state index in [4.69, 9.17) is 14.5 Å². The number of thiazole rings is 1. The highest BCUT2D eigenvalue weighted by Crippen LogP contribution is 2.35. The minimum Gasteiger partial charge on any atom is -0.494 e. The predicted molar refractivity (Wildman–Crippen MR) is 145 cm³/mol. The molecule has 0 aliphatic carbocycles. The second kappa shape index (κ2) is 11.0. The van der Waals surface area contributed by atoms with Crippen LogP contribution in [0.3, 0.4) is 0 Å². The first kappa shape index (κ1) is 25.4. The third-order valence-electron chi connectivity index (χ3n) is 6.03. The van der Waals surface area contributed by atoms with Gasteiger partial charge in [0.2, 0.25) is 0 Å². The van der Waals surface area contributed by atoms with Crippen molar-refractivity contribution in [3.05, 3.63) is 127 Å². The molecule has 0 saturated heterocycles. The summed E-state index contributed by atoms with van der Waals surface area (Å²) in [5.41, 5.74) is 2.42. The maximum absolute atomic E-state index is 13.9. The maximum Gasteiger partial charge on any atom is 0.338 e. The van der Waals surface area contributed by atoms with Crippen molar-refractivity contribution in [2.45, 2.75) is 19.9 Å². The second-order valence-corrected chi connectivity index (χ2v) is 9.50. The van der Waals surface area contributed by atoms with Crippen LogP contribution in [0, 0.1) is 5.82 Å². The molecule has 8 heteroatoms. The average Bonchev–Trinajstić information content (AvgIpc) is 3.23. The normalized spacial score (nSPS) is 15.1. The van der Waals surface area contributed by atoms with Gasteiger partial charge in [-0.05, 0) is 55.3 Å². The van der Waals surface area contributed by atoms with E-state index in [0.717, 1.165) is 5.56 Å². The summed E-state index contributed by atoms with van der Waals surface area (Å²) < 4.78 is 26.9. The van der Waals surface area contributed by atoms with E-state index in [0.29, 0.717) is 38.5 Å². The topological polar surface area (TPSA) is 69.9 Å². The van der Waals surface area contributed by atoms with Crippen LogP contribution in [-0.4, -0.2) is 23.8 Å². The molecule has 0 saturated carbocycles. The Morgan fingerprint density at radius 3 is 2.50 bits per heavy atom. The van der Waals surface area contributed by atoms with Crippen molar-refractivity contribution in [1.29, 1.82) is 0 Å². The van der Waals surface area contributed by atoms with Gasteiger partial charge in [-0.25, -0.2) is 14.2 Å². The summed E-state index contributed by atoms with van der Waals surface area (Å²) in [7, 11) is 0. The van der Waals surface area contributed by atoms with E-state index < -0.39 is 17.8 Å². The predicted octanol–water partition coefficient (Wildman–Crippen LogP) is 4.47. The molecule has 4 aromatic rings. The lowest BCUT2D eigenvalue weighted by atomic mass is 9.93. The lowest BCUT2D eigenvalue weighted by Gasteiger charge is -2.25. The molecule has 0 spiro atoms. The number of hydrogen-bond acceptors (Lipinski definition) is 6. The minimum atomic E-state index is -0.849. The van der Waals surface area contributed by atoms with Crippen molar-refractivity contribution in [3.8, 4) is 5.75 Å². The van der Waals surface area contributed by atoms with Crippen molar-refractivity contribution in [2.75, 3.05) is 13.2 Å². The number of esters is 1. The lowest BCUT2D eigenvalue weighted by Crippen LogP contribution is -2.40. The van der Waals surface area contributed by atoms with Crippen LogP contribution in [0.1, 0.15) is 36.6 Å². The summed E-state index contributed by atoms with van der Waals surface area (Å²) in [5.74, 6) is -0.294. The first-order chi connectivity index (χ1) is 18.5. The largest absolute Gasteiger partial charge is 0.494 e. The third kappa shape index (κ3) is 4.95. The SMILES string of the molecule is CCOC(=O)C1=C(c2ccccc2)N=c2s/c(=C\c3cccc(OCC)c3)c(=O)n2C1c1ccc(F)cc1. The highest BCUT2D eigenvalue weighted by molar-refractivity contribution is 7.07. The Bertz CT molecular complexity index is 1690. The average molecular weight is 529 g/mol. The molecule has 0 N–H and O–H groups in total. The van der Waals surface area contributed by atoms with Crippen LogP contribution in [0.15, 0.2) is 94.2 Å². The fourth-order valence-corrected chi connectivity index (χ4v) is 5.41. The molecule has 0 fully saturated rings. The van der Waals surface area contributed by atoms with Crippen LogP contribution in [0.4, 0.5) is 4.39 Å². The molecule has 0 radical (unpaired) electrons. The fourth-order valence-electron chi connectivity index (χ4n) is 4.41. The number of rotatable bonds is 7. The minimum absolute atomic E-state index is 0.154. The number of aromatic nitrogens is 1. The molecular formula is C30H25FN2O4S. The van der Waals surface area contributed by atoms with Crippen LogP contribution >= 0.6 is 11.3 Å². The van der Waals surface area contributed by atoms with Crippen LogP contribution in [0.5, 0.6) is 5.75 Å². The van der Waals surface area contributed by atoms with E-state index >= 15 is 0 Å². The van der Waals surface area contributed by atoms with Crippen LogP contribution in [0.25, 0.3) is 11.8 Å². The summed E-state index contributed by atoms with van der Waals surface area (Å²) in [4.78, 5) is 32.5. The van der Waals surface area contributed by atoms with Gasteiger partial charge in [0.25, 0.3) is 5.56 Å². The Morgan fingerprint density at radius 1 is 1.03 bits per heavy atom. The summed E-state index contributed by atoms with van der Waals surface area (Å²) in [6, 6.07) is 21.7. The number of hydrogen-bond donors (Lipinski definition) is 0. The van der Waals surface area contributed by atoms with Gasteiger partial charge in [-0.15, -0.1) is 0 Å². The number of carbonyl (C=O) groups is 1. The van der Waals surface area contributed by atoms with Gasteiger partial charge in [0.15, 0.2) is 4.80 Å². The maximum atomic E-state index is 13.9. The van der Waals surface area contributed by atoms with Gasteiger partial charge in [-0.3, -0.25) is 9.36 Å². The molecule has 0 bridgehead atoms. The van der Waals surface area contributed by atoms with E-state index in [9.17, 15) is 14.0 Å².